The molecule has 1 atom stereocenters. The highest BCUT2D eigenvalue weighted by Crippen LogP contribution is 2.25. The van der Waals surface area contributed by atoms with Crippen molar-refractivity contribution in [3.05, 3.63) is 24.3 Å². The van der Waals surface area contributed by atoms with Crippen molar-refractivity contribution in [2.45, 2.75) is 54.5 Å². The van der Waals surface area contributed by atoms with Crippen LogP contribution in [-0.2, 0) is 20.0 Å². The first-order valence-corrected chi connectivity index (χ1v) is 11.6. The number of benzene rings is 1. The third kappa shape index (κ3) is 4.76. The summed E-state index contributed by atoms with van der Waals surface area (Å²) in [6, 6.07) is 5.49. The number of halogens is 1. The van der Waals surface area contributed by atoms with Gasteiger partial charge in [-0.25, -0.2) is 21.6 Å². The molecular weight excluding hydrogens is 398 g/mol. The molecule has 0 spiro atoms. The predicted octanol–water partition coefficient (Wildman–Crippen LogP) is 1.31. The fourth-order valence-electron chi connectivity index (χ4n) is 3.02. The lowest BCUT2D eigenvalue weighted by atomic mass is 10.2. The van der Waals surface area contributed by atoms with Gasteiger partial charge in [0, 0.05) is 25.2 Å². The van der Waals surface area contributed by atoms with Crippen molar-refractivity contribution < 1.29 is 16.8 Å². The number of nitrogens with one attached hydrogen (secondary N) is 2. The van der Waals surface area contributed by atoms with Crippen LogP contribution in [0.15, 0.2) is 34.1 Å². The summed E-state index contributed by atoms with van der Waals surface area (Å²) in [6.45, 7) is 3.86. The Morgan fingerprint density at radius 2 is 1.69 bits per heavy atom. The Kier molecular flexibility index (Phi) is 7.09. The smallest absolute Gasteiger partial charge is 0.243 e. The van der Waals surface area contributed by atoms with Crippen molar-refractivity contribution in [1.82, 2.24) is 14.3 Å². The molecule has 26 heavy (non-hydrogen) atoms. The minimum absolute atomic E-state index is 0. The van der Waals surface area contributed by atoms with E-state index in [0.717, 1.165) is 32.2 Å². The van der Waals surface area contributed by atoms with E-state index in [9.17, 15) is 16.8 Å². The van der Waals surface area contributed by atoms with Crippen LogP contribution in [0.3, 0.4) is 0 Å². The van der Waals surface area contributed by atoms with Gasteiger partial charge in [0.2, 0.25) is 20.0 Å². The number of hydrogen-bond donors (Lipinski definition) is 2. The Labute approximate surface area is 162 Å². The largest absolute Gasteiger partial charge is 0.315 e. The van der Waals surface area contributed by atoms with E-state index in [1.807, 2.05) is 6.92 Å². The van der Waals surface area contributed by atoms with Gasteiger partial charge in [-0.05, 0) is 56.5 Å². The van der Waals surface area contributed by atoms with Gasteiger partial charge < -0.3 is 5.32 Å². The molecule has 2 fully saturated rings. The fourth-order valence-corrected chi connectivity index (χ4v) is 6.07. The molecule has 2 N–H and O–H groups in total. The minimum Gasteiger partial charge on any atom is -0.315 e. The molecule has 3 rings (SSSR count). The normalized spacial score (nSPS) is 20.9. The molecule has 0 aromatic heterocycles. The highest BCUT2D eigenvalue weighted by atomic mass is 35.5. The van der Waals surface area contributed by atoms with Gasteiger partial charge in [-0.1, -0.05) is 6.92 Å². The van der Waals surface area contributed by atoms with Gasteiger partial charge in [0.25, 0.3) is 0 Å². The molecule has 1 saturated heterocycles. The summed E-state index contributed by atoms with van der Waals surface area (Å²) in [7, 11) is -7.22. The highest BCUT2D eigenvalue weighted by molar-refractivity contribution is 7.89. The van der Waals surface area contributed by atoms with Crippen LogP contribution in [0.4, 0.5) is 0 Å². The lowest BCUT2D eigenvalue weighted by Crippen LogP contribution is -2.42. The molecule has 1 aliphatic carbocycles. The van der Waals surface area contributed by atoms with Crippen LogP contribution in [0.2, 0.25) is 0 Å². The van der Waals surface area contributed by atoms with Gasteiger partial charge in [-0.3, -0.25) is 0 Å². The first-order valence-electron chi connectivity index (χ1n) is 8.69. The van der Waals surface area contributed by atoms with E-state index in [4.69, 9.17) is 0 Å². The van der Waals surface area contributed by atoms with Crippen LogP contribution in [0, 0.1) is 0 Å². The van der Waals surface area contributed by atoms with Gasteiger partial charge in [-0.2, -0.15) is 4.31 Å². The maximum absolute atomic E-state index is 13.0. The summed E-state index contributed by atoms with van der Waals surface area (Å²) >= 11 is 0. The Morgan fingerprint density at radius 3 is 2.19 bits per heavy atom. The molecule has 1 aromatic rings. The maximum Gasteiger partial charge on any atom is 0.243 e. The van der Waals surface area contributed by atoms with E-state index in [1.54, 1.807) is 4.31 Å². The number of rotatable bonds is 8. The predicted molar refractivity (Wildman–Crippen MR) is 102 cm³/mol. The zero-order valence-electron chi connectivity index (χ0n) is 14.7. The van der Waals surface area contributed by atoms with Crippen molar-refractivity contribution in [3.8, 4) is 0 Å². The lowest BCUT2D eigenvalue weighted by Gasteiger charge is -2.27. The lowest BCUT2D eigenvalue weighted by molar-refractivity contribution is 0.335. The Hall–Kier alpha value is -0.710. The molecule has 0 amide bonds. The molecule has 1 saturated carbocycles. The first kappa shape index (κ1) is 21.6. The van der Waals surface area contributed by atoms with E-state index in [0.29, 0.717) is 13.1 Å². The van der Waals surface area contributed by atoms with Gasteiger partial charge in [0.1, 0.15) is 0 Å². The van der Waals surface area contributed by atoms with Crippen LogP contribution in [0.25, 0.3) is 0 Å². The topological polar surface area (TPSA) is 95.6 Å². The van der Waals surface area contributed by atoms with Crippen molar-refractivity contribution >= 4 is 32.5 Å². The molecule has 10 heteroatoms. The van der Waals surface area contributed by atoms with Crippen molar-refractivity contribution in [1.29, 1.82) is 0 Å². The van der Waals surface area contributed by atoms with Crippen molar-refractivity contribution in [2.75, 3.05) is 19.6 Å². The standard InChI is InChI=1S/C16H25N3O4S2.ClH/c1-2-11-19(14-9-10-17-12-14)25(22,23)16-7-5-15(6-8-16)24(20,21)18-13-3-4-13;/h5-8,13-14,17-18H,2-4,9-12H2,1H3;1H. The summed E-state index contributed by atoms with van der Waals surface area (Å²) in [5, 5.41) is 3.19. The summed E-state index contributed by atoms with van der Waals surface area (Å²) in [4.78, 5) is 0.237. The minimum atomic E-state index is -3.64. The van der Waals surface area contributed by atoms with Crippen LogP contribution in [-0.4, -0.2) is 52.9 Å². The summed E-state index contributed by atoms with van der Waals surface area (Å²) in [5.74, 6) is 0. The molecule has 1 aromatic carbocycles. The van der Waals surface area contributed by atoms with Crippen LogP contribution in [0.5, 0.6) is 0 Å². The third-order valence-corrected chi connectivity index (χ3v) is 8.03. The van der Waals surface area contributed by atoms with Crippen LogP contribution < -0.4 is 10.0 Å². The summed E-state index contributed by atoms with van der Waals surface area (Å²) in [6.07, 6.45) is 3.23. The molecule has 148 valence electrons. The zero-order chi connectivity index (χ0) is 18.1. The molecule has 0 bridgehead atoms. The monoisotopic (exact) mass is 423 g/mol. The molecule has 1 aliphatic heterocycles. The van der Waals surface area contributed by atoms with Crippen LogP contribution in [0.1, 0.15) is 32.6 Å². The number of nitrogens with zero attached hydrogens (tertiary/aromatic N) is 1. The van der Waals surface area contributed by atoms with Gasteiger partial charge in [-0.15, -0.1) is 12.4 Å². The molecule has 1 unspecified atom stereocenters. The number of hydrogen-bond acceptors (Lipinski definition) is 5. The van der Waals surface area contributed by atoms with E-state index >= 15 is 0 Å². The molecular formula is C16H26ClN3O4S2. The second-order valence-electron chi connectivity index (χ2n) is 6.63. The Bertz CT molecular complexity index is 802. The average molecular weight is 424 g/mol. The second-order valence-corrected chi connectivity index (χ2v) is 10.2. The molecule has 1 heterocycles. The third-order valence-electron chi connectivity index (χ3n) is 4.53. The summed E-state index contributed by atoms with van der Waals surface area (Å²) in [5.41, 5.74) is 0. The zero-order valence-corrected chi connectivity index (χ0v) is 17.2. The second kappa shape index (κ2) is 8.53. The van der Waals surface area contributed by atoms with E-state index in [1.165, 1.54) is 24.3 Å². The molecule has 0 radical (unpaired) electrons. The highest BCUT2D eigenvalue weighted by Gasteiger charge is 2.33. The van der Waals surface area contributed by atoms with E-state index in [2.05, 4.69) is 10.0 Å². The molecule has 2 aliphatic rings. The first-order chi connectivity index (χ1) is 11.8. The summed E-state index contributed by atoms with van der Waals surface area (Å²) < 4.78 is 54.5. The molecule has 7 nitrogen and oxygen atoms in total. The quantitative estimate of drug-likeness (QED) is 0.657. The van der Waals surface area contributed by atoms with Crippen LogP contribution >= 0.6 is 12.4 Å². The number of sulfonamides is 2. The SMILES string of the molecule is CCCN(C1CCNC1)S(=O)(=O)c1ccc(S(=O)(=O)NC2CC2)cc1.Cl. The van der Waals surface area contributed by atoms with Crippen molar-refractivity contribution in [2.24, 2.45) is 0 Å². The average Bonchev–Trinajstić information content (AvgIpc) is 3.22. The van der Waals surface area contributed by atoms with E-state index in [-0.39, 0.29) is 34.3 Å². The fraction of sp³-hybridized carbons (Fsp3) is 0.625. The van der Waals surface area contributed by atoms with Gasteiger partial charge in [0.05, 0.1) is 9.79 Å². The van der Waals surface area contributed by atoms with E-state index < -0.39 is 20.0 Å². The van der Waals surface area contributed by atoms with Crippen molar-refractivity contribution in [3.63, 3.8) is 0 Å². The Morgan fingerprint density at radius 1 is 1.08 bits per heavy atom. The maximum atomic E-state index is 13.0. The van der Waals surface area contributed by atoms with Gasteiger partial charge >= 0.3 is 0 Å². The van der Waals surface area contributed by atoms with Gasteiger partial charge in [0.15, 0.2) is 0 Å². The Balaban J connectivity index is 0.00000243.